The van der Waals surface area contributed by atoms with E-state index in [0.717, 1.165) is 17.1 Å². The monoisotopic (exact) mass is 333 g/mol. The lowest BCUT2D eigenvalue weighted by molar-refractivity contribution is 0.111. The van der Waals surface area contributed by atoms with Crippen LogP contribution in [0.4, 0.5) is 11.4 Å². The smallest absolute Gasteiger partial charge is 0.205 e. The van der Waals surface area contributed by atoms with Crippen LogP contribution < -0.4 is 10.6 Å². The maximum Gasteiger partial charge on any atom is 0.205 e. The minimum absolute atomic E-state index is 0.103. The summed E-state index contributed by atoms with van der Waals surface area (Å²) in [4.78, 5) is 4.76. The van der Waals surface area contributed by atoms with Crippen LogP contribution in [-0.4, -0.2) is 19.2 Å². The van der Waals surface area contributed by atoms with Crippen molar-refractivity contribution in [2.75, 3.05) is 17.7 Å². The molecule has 2 atom stereocenters. The van der Waals surface area contributed by atoms with Gasteiger partial charge in [-0.15, -0.1) is 0 Å². The van der Waals surface area contributed by atoms with Gasteiger partial charge in [-0.25, -0.2) is 4.99 Å². The lowest BCUT2D eigenvalue weighted by Crippen LogP contribution is -2.23. The van der Waals surface area contributed by atoms with Crippen LogP contribution in [0.1, 0.15) is 6.92 Å². The molecule has 2 aromatic carbocycles. The van der Waals surface area contributed by atoms with Gasteiger partial charge in [-0.1, -0.05) is 55.5 Å². The molecular weight excluding hydrogens is 310 g/mol. The van der Waals surface area contributed by atoms with Crippen molar-refractivity contribution in [3.63, 3.8) is 0 Å². The number of rotatable bonds is 4. The van der Waals surface area contributed by atoms with Crippen molar-refractivity contribution >= 4 is 17.3 Å². The molecule has 3 rings (SSSR count). The lowest BCUT2D eigenvalue weighted by Gasteiger charge is -2.21. The average Bonchev–Trinajstić information content (AvgIpc) is 2.63. The third kappa shape index (κ3) is 4.81. The molecule has 0 saturated carbocycles. The highest BCUT2D eigenvalue weighted by Gasteiger charge is 2.16. The Balaban J connectivity index is 1.84. The normalized spacial score (nSPS) is 19.0. The Hall–Kier alpha value is -2.85. The summed E-state index contributed by atoms with van der Waals surface area (Å²) in [5.41, 5.74) is 2.86. The number of allylic oxidation sites excluding steroid dienone is 1. The Morgan fingerprint density at radius 2 is 1.48 bits per heavy atom. The summed E-state index contributed by atoms with van der Waals surface area (Å²) >= 11 is 0. The maximum absolute atomic E-state index is 5.44. The van der Waals surface area contributed by atoms with Crippen LogP contribution in [0.15, 0.2) is 89.6 Å². The standard InChI is InChI=1S/C21H23N3O/c1-16-15-19(13-14-20(16)25-2)24-21(22-17-9-5-3-6-10-17)23-18-11-7-4-8-12-18/h3-16,20H,1-2H3,(H2,22,23,24). The van der Waals surface area contributed by atoms with Gasteiger partial charge in [0.2, 0.25) is 5.96 Å². The number of aliphatic imine (C=N–C) groups is 1. The minimum Gasteiger partial charge on any atom is -0.377 e. The highest BCUT2D eigenvalue weighted by molar-refractivity contribution is 6.04. The predicted molar refractivity (Wildman–Crippen MR) is 105 cm³/mol. The predicted octanol–water partition coefficient (Wildman–Crippen LogP) is 4.67. The second kappa shape index (κ2) is 8.31. The van der Waals surface area contributed by atoms with Crippen LogP contribution in [0, 0.1) is 5.92 Å². The van der Waals surface area contributed by atoms with Crippen molar-refractivity contribution in [3.8, 4) is 0 Å². The first-order valence-corrected chi connectivity index (χ1v) is 8.40. The number of hydrogen-bond acceptors (Lipinski definition) is 2. The number of nitrogens with zero attached hydrogens (tertiary/aromatic N) is 1. The Morgan fingerprint density at radius 3 is 1.96 bits per heavy atom. The molecular formula is C21H23N3O. The number of benzene rings is 2. The van der Waals surface area contributed by atoms with E-state index < -0.39 is 0 Å². The Kier molecular flexibility index (Phi) is 5.65. The van der Waals surface area contributed by atoms with E-state index in [1.807, 2.05) is 72.8 Å². The number of ether oxygens (including phenoxy) is 1. The fraction of sp³-hybridized carbons (Fsp3) is 0.190. The van der Waals surface area contributed by atoms with Crippen molar-refractivity contribution in [2.24, 2.45) is 10.9 Å². The molecule has 0 aliphatic heterocycles. The first-order valence-electron chi connectivity index (χ1n) is 8.40. The molecule has 2 aromatic rings. The Bertz CT molecular complexity index is 723. The number of methoxy groups -OCH3 is 1. The highest BCUT2D eigenvalue weighted by Crippen LogP contribution is 2.20. The van der Waals surface area contributed by atoms with Crippen molar-refractivity contribution in [1.29, 1.82) is 0 Å². The summed E-state index contributed by atoms with van der Waals surface area (Å²) in [6.45, 7) is 2.13. The van der Waals surface area contributed by atoms with E-state index in [2.05, 4.69) is 23.6 Å². The Morgan fingerprint density at radius 1 is 0.920 bits per heavy atom. The van der Waals surface area contributed by atoms with E-state index in [0.29, 0.717) is 5.96 Å². The van der Waals surface area contributed by atoms with Crippen LogP contribution in [0.2, 0.25) is 0 Å². The highest BCUT2D eigenvalue weighted by atomic mass is 16.5. The molecule has 0 bridgehead atoms. The van der Waals surface area contributed by atoms with Crippen LogP contribution >= 0.6 is 0 Å². The molecule has 0 saturated heterocycles. The zero-order chi connectivity index (χ0) is 17.5. The van der Waals surface area contributed by atoms with Gasteiger partial charge in [0.05, 0.1) is 11.8 Å². The summed E-state index contributed by atoms with van der Waals surface area (Å²) in [6.07, 6.45) is 6.26. The second-order valence-electron chi connectivity index (χ2n) is 5.95. The maximum atomic E-state index is 5.44. The van der Waals surface area contributed by atoms with E-state index in [1.54, 1.807) is 7.11 Å². The second-order valence-corrected chi connectivity index (χ2v) is 5.95. The Labute approximate surface area is 148 Å². The van der Waals surface area contributed by atoms with E-state index in [-0.39, 0.29) is 12.0 Å². The van der Waals surface area contributed by atoms with Crippen LogP contribution in [-0.2, 0) is 4.74 Å². The van der Waals surface area contributed by atoms with Crippen molar-refractivity contribution in [2.45, 2.75) is 13.0 Å². The van der Waals surface area contributed by atoms with Gasteiger partial charge in [-0.3, -0.25) is 0 Å². The van der Waals surface area contributed by atoms with Crippen molar-refractivity contribution in [3.05, 3.63) is 84.6 Å². The zero-order valence-corrected chi connectivity index (χ0v) is 14.5. The molecule has 0 aromatic heterocycles. The van der Waals surface area contributed by atoms with Crippen LogP contribution in [0.5, 0.6) is 0 Å². The van der Waals surface area contributed by atoms with Crippen LogP contribution in [0.3, 0.4) is 0 Å². The molecule has 128 valence electrons. The van der Waals surface area contributed by atoms with Gasteiger partial charge in [-0.05, 0) is 30.3 Å². The molecule has 0 spiro atoms. The third-order valence-electron chi connectivity index (χ3n) is 3.99. The number of guanidine groups is 1. The van der Waals surface area contributed by atoms with Gasteiger partial charge in [0.25, 0.3) is 0 Å². The number of anilines is 2. The first kappa shape index (κ1) is 17.0. The topological polar surface area (TPSA) is 45.6 Å². The molecule has 1 aliphatic rings. The van der Waals surface area contributed by atoms with Crippen LogP contribution in [0.25, 0.3) is 0 Å². The zero-order valence-electron chi connectivity index (χ0n) is 14.5. The SMILES string of the molecule is COC1C=CC(N=C(Nc2ccccc2)Nc2ccccc2)=CC1C. The van der Waals surface area contributed by atoms with Gasteiger partial charge >= 0.3 is 0 Å². The van der Waals surface area contributed by atoms with Gasteiger partial charge in [0, 0.05) is 24.4 Å². The number of hydrogen-bond donors (Lipinski definition) is 2. The summed E-state index contributed by atoms with van der Waals surface area (Å²) in [5, 5.41) is 6.70. The lowest BCUT2D eigenvalue weighted by atomic mass is 9.98. The molecule has 0 fully saturated rings. The first-order chi connectivity index (χ1) is 12.2. The van der Waals surface area contributed by atoms with Crippen molar-refractivity contribution in [1.82, 2.24) is 0 Å². The summed E-state index contributed by atoms with van der Waals surface area (Å²) in [7, 11) is 1.73. The van der Waals surface area contributed by atoms with E-state index in [4.69, 9.17) is 9.73 Å². The largest absolute Gasteiger partial charge is 0.377 e. The van der Waals surface area contributed by atoms with E-state index in [9.17, 15) is 0 Å². The molecule has 0 amide bonds. The molecule has 2 unspecified atom stereocenters. The van der Waals surface area contributed by atoms with Crippen molar-refractivity contribution < 1.29 is 4.74 Å². The van der Waals surface area contributed by atoms with Gasteiger partial charge in [0.15, 0.2) is 0 Å². The summed E-state index contributed by atoms with van der Waals surface area (Å²) in [6, 6.07) is 20.0. The van der Waals surface area contributed by atoms with E-state index >= 15 is 0 Å². The number of nitrogens with one attached hydrogen (secondary N) is 2. The molecule has 25 heavy (non-hydrogen) atoms. The molecule has 4 heteroatoms. The summed E-state index contributed by atoms with van der Waals surface area (Å²) < 4.78 is 5.44. The molecule has 1 aliphatic carbocycles. The molecule has 2 N–H and O–H groups in total. The fourth-order valence-electron chi connectivity index (χ4n) is 2.69. The quantitative estimate of drug-likeness (QED) is 0.631. The molecule has 0 radical (unpaired) electrons. The molecule has 0 heterocycles. The minimum atomic E-state index is 0.103. The summed E-state index contributed by atoms with van der Waals surface area (Å²) in [5.74, 6) is 0.958. The van der Waals surface area contributed by atoms with Gasteiger partial charge in [-0.2, -0.15) is 0 Å². The number of para-hydroxylation sites is 2. The molecule has 4 nitrogen and oxygen atoms in total. The average molecular weight is 333 g/mol. The van der Waals surface area contributed by atoms with Gasteiger partial charge < -0.3 is 15.4 Å². The third-order valence-corrected chi connectivity index (χ3v) is 3.99. The fourth-order valence-corrected chi connectivity index (χ4v) is 2.69. The van der Waals surface area contributed by atoms with Gasteiger partial charge in [0.1, 0.15) is 0 Å². The van der Waals surface area contributed by atoms with E-state index in [1.165, 1.54) is 0 Å².